The van der Waals surface area contributed by atoms with Crippen molar-refractivity contribution in [3.63, 3.8) is 0 Å². The molecule has 4 heterocycles. The summed E-state index contributed by atoms with van der Waals surface area (Å²) in [6.07, 6.45) is 1.80. The van der Waals surface area contributed by atoms with Gasteiger partial charge in [-0.2, -0.15) is 0 Å². The molecule has 0 unspecified atom stereocenters. The van der Waals surface area contributed by atoms with E-state index in [4.69, 9.17) is 33.3 Å². The summed E-state index contributed by atoms with van der Waals surface area (Å²) >= 11 is 12.6. The molecule has 6 nitrogen and oxygen atoms in total. The molecule has 0 atom stereocenters. The maximum Gasteiger partial charge on any atom is 0.155 e. The van der Waals surface area contributed by atoms with Gasteiger partial charge in [0, 0.05) is 59.2 Å². The van der Waals surface area contributed by atoms with Gasteiger partial charge in [0.05, 0.1) is 5.69 Å². The molecule has 1 aliphatic heterocycles. The van der Waals surface area contributed by atoms with Gasteiger partial charge in [-0.3, -0.25) is 4.98 Å². The largest absolute Gasteiger partial charge is 0.353 e. The number of aromatic nitrogens is 4. The molecule has 1 saturated heterocycles. The maximum absolute atomic E-state index is 6.29. The molecule has 0 aliphatic carbocycles. The quantitative estimate of drug-likeness (QED) is 0.510. The minimum atomic E-state index is 0.570. The Morgan fingerprint density at radius 1 is 0.933 bits per heavy atom. The Balaban J connectivity index is 1.75. The Morgan fingerprint density at radius 3 is 2.43 bits per heavy atom. The van der Waals surface area contributed by atoms with Crippen LogP contribution in [0.15, 0.2) is 48.7 Å². The third-order valence-corrected chi connectivity index (χ3v) is 5.65. The second kappa shape index (κ2) is 7.87. The van der Waals surface area contributed by atoms with E-state index in [-0.39, 0.29) is 0 Å². The zero-order valence-corrected chi connectivity index (χ0v) is 18.0. The highest BCUT2D eigenvalue weighted by Gasteiger charge is 2.20. The molecule has 0 radical (unpaired) electrons. The first-order valence-corrected chi connectivity index (χ1v) is 10.6. The van der Waals surface area contributed by atoms with E-state index in [1.165, 1.54) is 0 Å². The molecule has 1 aromatic carbocycles. The first kappa shape index (κ1) is 19.3. The van der Waals surface area contributed by atoms with Crippen LogP contribution in [-0.4, -0.2) is 45.8 Å². The minimum absolute atomic E-state index is 0.570. The van der Waals surface area contributed by atoms with Crippen molar-refractivity contribution in [1.29, 1.82) is 0 Å². The third-order valence-electron chi connectivity index (χ3n) is 5.21. The predicted octanol–water partition coefficient (Wildman–Crippen LogP) is 4.48. The number of rotatable bonds is 3. The Kier molecular flexibility index (Phi) is 5.06. The van der Waals surface area contributed by atoms with Crippen molar-refractivity contribution in [3.05, 3.63) is 64.4 Å². The molecule has 3 aromatic heterocycles. The number of anilines is 1. The molecule has 1 aliphatic rings. The van der Waals surface area contributed by atoms with Crippen LogP contribution >= 0.6 is 23.2 Å². The molecular formula is C22H20Cl2N6. The second-order valence-electron chi connectivity index (χ2n) is 7.35. The molecule has 1 fully saturated rings. The summed E-state index contributed by atoms with van der Waals surface area (Å²) in [6, 6.07) is 13.5. The van der Waals surface area contributed by atoms with E-state index >= 15 is 0 Å². The molecule has 0 amide bonds. The zero-order valence-electron chi connectivity index (χ0n) is 16.4. The molecular weight excluding hydrogens is 419 g/mol. The summed E-state index contributed by atoms with van der Waals surface area (Å²) in [5, 5.41) is 9.48. The van der Waals surface area contributed by atoms with Gasteiger partial charge in [0.1, 0.15) is 11.5 Å². The monoisotopic (exact) mass is 438 g/mol. The van der Waals surface area contributed by atoms with Crippen LogP contribution in [0.2, 0.25) is 10.0 Å². The van der Waals surface area contributed by atoms with Crippen LogP contribution in [-0.2, 0) is 0 Å². The van der Waals surface area contributed by atoms with Crippen molar-refractivity contribution < 1.29 is 0 Å². The number of hydrogen-bond acceptors (Lipinski definition) is 5. The average Bonchev–Trinajstić information content (AvgIpc) is 3.12. The third kappa shape index (κ3) is 3.62. The lowest BCUT2D eigenvalue weighted by molar-refractivity contribution is 0.582. The van der Waals surface area contributed by atoms with E-state index in [1.54, 1.807) is 12.3 Å². The van der Waals surface area contributed by atoms with Gasteiger partial charge in [-0.05, 0) is 49.4 Å². The Bertz CT molecular complexity index is 1210. The fraction of sp³-hybridized carbons (Fsp3) is 0.227. The number of piperazine rings is 1. The van der Waals surface area contributed by atoms with Crippen LogP contribution in [0.5, 0.6) is 0 Å². The summed E-state index contributed by atoms with van der Waals surface area (Å²) in [5.74, 6) is 0.934. The normalized spacial score (nSPS) is 14.4. The zero-order chi connectivity index (χ0) is 20.7. The summed E-state index contributed by atoms with van der Waals surface area (Å²) < 4.78 is 1.91. The summed E-state index contributed by atoms with van der Waals surface area (Å²) in [6.45, 7) is 5.72. The number of benzene rings is 1. The van der Waals surface area contributed by atoms with Gasteiger partial charge in [0.25, 0.3) is 0 Å². The first-order valence-electron chi connectivity index (χ1n) is 9.83. The molecule has 152 valence electrons. The number of halogens is 2. The lowest BCUT2D eigenvalue weighted by Gasteiger charge is -2.28. The average molecular weight is 439 g/mol. The number of fused-ring (bicyclic) bond motifs is 1. The molecule has 0 saturated carbocycles. The summed E-state index contributed by atoms with van der Waals surface area (Å²) in [4.78, 5) is 11.5. The number of nitrogens with one attached hydrogen (secondary N) is 1. The molecule has 0 spiro atoms. The van der Waals surface area contributed by atoms with Crippen LogP contribution < -0.4 is 10.2 Å². The van der Waals surface area contributed by atoms with Crippen molar-refractivity contribution in [2.45, 2.75) is 6.92 Å². The maximum atomic E-state index is 6.29. The molecule has 4 aromatic rings. The van der Waals surface area contributed by atoms with Gasteiger partial charge < -0.3 is 10.2 Å². The number of nitrogens with zero attached hydrogens (tertiary/aromatic N) is 5. The fourth-order valence-electron chi connectivity index (χ4n) is 3.83. The van der Waals surface area contributed by atoms with Crippen LogP contribution in [0.3, 0.4) is 0 Å². The highest BCUT2D eigenvalue weighted by atomic mass is 35.5. The minimum Gasteiger partial charge on any atom is -0.353 e. The highest BCUT2D eigenvalue weighted by Crippen LogP contribution is 2.35. The lowest BCUT2D eigenvalue weighted by atomic mass is 10.1. The Morgan fingerprint density at radius 2 is 1.70 bits per heavy atom. The summed E-state index contributed by atoms with van der Waals surface area (Å²) in [7, 11) is 0. The van der Waals surface area contributed by atoms with E-state index in [1.807, 2.05) is 47.8 Å². The number of imidazole rings is 1. The van der Waals surface area contributed by atoms with E-state index in [0.717, 1.165) is 65.9 Å². The van der Waals surface area contributed by atoms with E-state index in [0.29, 0.717) is 10.0 Å². The highest BCUT2D eigenvalue weighted by molar-refractivity contribution is 6.35. The van der Waals surface area contributed by atoms with Crippen LogP contribution in [0.1, 0.15) is 5.69 Å². The number of hydrogen-bond donors (Lipinski definition) is 1. The van der Waals surface area contributed by atoms with Crippen LogP contribution in [0.25, 0.3) is 28.2 Å². The molecule has 30 heavy (non-hydrogen) atoms. The van der Waals surface area contributed by atoms with Gasteiger partial charge in [-0.15, -0.1) is 5.10 Å². The SMILES string of the molecule is Cc1cc(-c2c(-c3cc(Cl)cc(Cl)c3)nc3ccc(N4CCNCC4)nn23)ccn1. The first-order chi connectivity index (χ1) is 14.6. The lowest BCUT2D eigenvalue weighted by Crippen LogP contribution is -2.44. The number of pyridine rings is 1. The standard InChI is InChI=1S/C22H20Cl2N6/c1-14-10-15(4-5-26-14)22-21(16-11-17(23)13-18(24)12-16)27-19-2-3-20(28-30(19)22)29-8-6-25-7-9-29/h2-5,10-13,25H,6-9H2,1H3. The van der Waals surface area contributed by atoms with Crippen LogP contribution in [0.4, 0.5) is 5.82 Å². The summed E-state index contributed by atoms with van der Waals surface area (Å²) in [5.41, 5.74) is 5.22. The van der Waals surface area contributed by atoms with Gasteiger partial charge in [0.2, 0.25) is 0 Å². The van der Waals surface area contributed by atoms with Crippen LogP contribution in [0, 0.1) is 6.92 Å². The topological polar surface area (TPSA) is 58.4 Å². The van der Waals surface area contributed by atoms with E-state index in [9.17, 15) is 0 Å². The van der Waals surface area contributed by atoms with E-state index in [2.05, 4.69) is 15.2 Å². The number of aryl methyl sites for hydroxylation is 1. The predicted molar refractivity (Wildman–Crippen MR) is 121 cm³/mol. The van der Waals surface area contributed by atoms with Gasteiger partial charge in [-0.1, -0.05) is 23.2 Å². The van der Waals surface area contributed by atoms with Crippen molar-refractivity contribution in [2.75, 3.05) is 31.1 Å². The Labute approximate surface area is 184 Å². The smallest absolute Gasteiger partial charge is 0.155 e. The second-order valence-corrected chi connectivity index (χ2v) is 8.22. The molecule has 5 rings (SSSR count). The molecule has 8 heteroatoms. The molecule has 0 bridgehead atoms. The van der Waals surface area contributed by atoms with Crippen molar-refractivity contribution in [3.8, 4) is 22.5 Å². The van der Waals surface area contributed by atoms with Crippen molar-refractivity contribution in [1.82, 2.24) is 24.9 Å². The van der Waals surface area contributed by atoms with Gasteiger partial charge in [0.15, 0.2) is 5.65 Å². The Hall–Kier alpha value is -2.67. The fourth-order valence-corrected chi connectivity index (χ4v) is 4.36. The van der Waals surface area contributed by atoms with Gasteiger partial charge >= 0.3 is 0 Å². The van der Waals surface area contributed by atoms with Gasteiger partial charge in [-0.25, -0.2) is 9.50 Å². The van der Waals surface area contributed by atoms with E-state index < -0.39 is 0 Å². The van der Waals surface area contributed by atoms with Crippen molar-refractivity contribution in [2.24, 2.45) is 0 Å². The van der Waals surface area contributed by atoms with Crippen molar-refractivity contribution >= 4 is 34.7 Å². The molecule has 1 N–H and O–H groups in total.